The highest BCUT2D eigenvalue weighted by atomic mass is 16.1. The molecule has 2 nitrogen and oxygen atoms in total. The van der Waals surface area contributed by atoms with Crippen LogP contribution < -0.4 is 0 Å². The van der Waals surface area contributed by atoms with E-state index >= 15 is 0 Å². The standard InChI is InChI=1S/C16H17NO/c1-2-10(9-17)16(18)15-13-8-7-11-5-3-4-6-12(11)14(13)15/h3-6,10,13-15H,2,7-8H2,1H3. The molecule has 4 unspecified atom stereocenters. The van der Waals surface area contributed by atoms with Crippen molar-refractivity contribution in [1.82, 2.24) is 0 Å². The van der Waals surface area contributed by atoms with Crippen LogP contribution in [0.2, 0.25) is 0 Å². The molecule has 0 heterocycles. The van der Waals surface area contributed by atoms with E-state index in [-0.39, 0.29) is 11.7 Å². The van der Waals surface area contributed by atoms with E-state index in [9.17, 15) is 4.79 Å². The molecule has 4 atom stereocenters. The van der Waals surface area contributed by atoms with Crippen LogP contribution in [0.1, 0.15) is 36.8 Å². The Kier molecular flexibility index (Phi) is 2.70. The van der Waals surface area contributed by atoms with Crippen LogP contribution in [0.15, 0.2) is 24.3 Å². The van der Waals surface area contributed by atoms with Gasteiger partial charge in [0.2, 0.25) is 0 Å². The lowest BCUT2D eigenvalue weighted by molar-refractivity contribution is -0.123. The maximum absolute atomic E-state index is 12.3. The van der Waals surface area contributed by atoms with Gasteiger partial charge >= 0.3 is 0 Å². The molecule has 2 aliphatic rings. The van der Waals surface area contributed by atoms with Gasteiger partial charge in [0.25, 0.3) is 0 Å². The summed E-state index contributed by atoms with van der Waals surface area (Å²) in [7, 11) is 0. The molecule has 2 heteroatoms. The van der Waals surface area contributed by atoms with Crippen LogP contribution in [0.25, 0.3) is 0 Å². The van der Waals surface area contributed by atoms with E-state index in [0.717, 1.165) is 12.8 Å². The summed E-state index contributed by atoms with van der Waals surface area (Å²) in [6.45, 7) is 1.92. The van der Waals surface area contributed by atoms with Gasteiger partial charge in [0.05, 0.1) is 6.07 Å². The third-order valence-electron chi connectivity index (χ3n) is 4.57. The SMILES string of the molecule is CCC(C#N)C(=O)C1C2CCc3ccccc3C21. The molecule has 1 aromatic carbocycles. The Morgan fingerprint density at radius 2 is 2.28 bits per heavy atom. The van der Waals surface area contributed by atoms with Crippen LogP contribution in [0, 0.1) is 29.1 Å². The minimum Gasteiger partial charge on any atom is -0.298 e. The second-order valence-corrected chi connectivity index (χ2v) is 5.45. The fraction of sp³-hybridized carbons (Fsp3) is 0.500. The molecule has 0 amide bonds. The maximum atomic E-state index is 12.3. The predicted octanol–water partition coefficient (Wildman–Crippen LogP) is 3.08. The summed E-state index contributed by atoms with van der Waals surface area (Å²) in [5, 5.41) is 9.03. The number of aryl methyl sites for hydroxylation is 1. The average Bonchev–Trinajstić information content (AvgIpc) is 3.14. The lowest BCUT2D eigenvalue weighted by Crippen LogP contribution is -2.15. The van der Waals surface area contributed by atoms with Gasteiger partial charge in [-0.3, -0.25) is 4.79 Å². The van der Waals surface area contributed by atoms with Crippen LogP contribution in [-0.4, -0.2) is 5.78 Å². The Balaban J connectivity index is 1.85. The van der Waals surface area contributed by atoms with Gasteiger partial charge in [-0.1, -0.05) is 31.2 Å². The van der Waals surface area contributed by atoms with Gasteiger partial charge in [-0.25, -0.2) is 0 Å². The van der Waals surface area contributed by atoms with E-state index in [1.165, 1.54) is 11.1 Å². The lowest BCUT2D eigenvalue weighted by Gasteiger charge is -2.13. The van der Waals surface area contributed by atoms with E-state index in [1.54, 1.807) is 0 Å². The van der Waals surface area contributed by atoms with Crippen LogP contribution >= 0.6 is 0 Å². The van der Waals surface area contributed by atoms with E-state index in [2.05, 4.69) is 30.3 Å². The fourth-order valence-electron chi connectivity index (χ4n) is 3.54. The quantitative estimate of drug-likeness (QED) is 0.813. The first-order valence-corrected chi connectivity index (χ1v) is 6.79. The maximum Gasteiger partial charge on any atom is 0.153 e. The zero-order valence-corrected chi connectivity index (χ0v) is 10.6. The molecule has 3 rings (SSSR count). The van der Waals surface area contributed by atoms with Crippen molar-refractivity contribution in [1.29, 1.82) is 5.26 Å². The van der Waals surface area contributed by atoms with Crippen molar-refractivity contribution in [3.8, 4) is 6.07 Å². The number of hydrogen-bond acceptors (Lipinski definition) is 2. The van der Waals surface area contributed by atoms with Gasteiger partial charge in [0.1, 0.15) is 5.92 Å². The van der Waals surface area contributed by atoms with Crippen molar-refractivity contribution in [3.63, 3.8) is 0 Å². The number of carbonyl (C=O) groups excluding carboxylic acids is 1. The number of nitrogens with zero attached hydrogens (tertiary/aromatic N) is 1. The van der Waals surface area contributed by atoms with Crippen molar-refractivity contribution in [2.75, 3.05) is 0 Å². The van der Waals surface area contributed by atoms with Gasteiger partial charge < -0.3 is 0 Å². The molecule has 0 aliphatic heterocycles. The van der Waals surface area contributed by atoms with Gasteiger partial charge in [-0.05, 0) is 42.2 Å². The predicted molar refractivity (Wildman–Crippen MR) is 68.9 cm³/mol. The van der Waals surface area contributed by atoms with Gasteiger partial charge in [-0.15, -0.1) is 0 Å². The lowest BCUT2D eigenvalue weighted by atomic mass is 9.92. The van der Waals surface area contributed by atoms with E-state index < -0.39 is 5.92 Å². The summed E-state index contributed by atoms with van der Waals surface area (Å²) in [6.07, 6.45) is 2.84. The first-order valence-electron chi connectivity index (χ1n) is 6.79. The summed E-state index contributed by atoms with van der Waals surface area (Å²) in [5.74, 6) is 0.831. The van der Waals surface area contributed by atoms with Crippen LogP contribution in [-0.2, 0) is 11.2 Å². The Morgan fingerprint density at radius 1 is 1.50 bits per heavy atom. The first-order chi connectivity index (χ1) is 8.77. The Labute approximate surface area is 108 Å². The first kappa shape index (κ1) is 11.5. The van der Waals surface area contributed by atoms with Crippen molar-refractivity contribution in [3.05, 3.63) is 35.4 Å². The normalized spacial score (nSPS) is 29.7. The monoisotopic (exact) mass is 239 g/mol. The third kappa shape index (κ3) is 1.58. The van der Waals surface area contributed by atoms with Crippen molar-refractivity contribution in [2.45, 2.75) is 32.1 Å². The molecular formula is C16H17NO. The van der Waals surface area contributed by atoms with Gasteiger partial charge in [0, 0.05) is 5.92 Å². The molecule has 92 valence electrons. The number of fused-ring (bicyclic) bond motifs is 3. The number of ketones is 1. The van der Waals surface area contributed by atoms with Gasteiger partial charge in [-0.2, -0.15) is 5.26 Å². The summed E-state index contributed by atoms with van der Waals surface area (Å²) in [4.78, 5) is 12.3. The van der Waals surface area contributed by atoms with Crippen molar-refractivity contribution >= 4 is 5.78 Å². The number of nitriles is 1. The minimum absolute atomic E-state index is 0.123. The molecular weight excluding hydrogens is 222 g/mol. The fourth-order valence-corrected chi connectivity index (χ4v) is 3.54. The smallest absolute Gasteiger partial charge is 0.153 e. The molecule has 1 fully saturated rings. The highest BCUT2D eigenvalue weighted by Gasteiger charge is 2.57. The molecule has 1 saturated carbocycles. The molecule has 2 aliphatic carbocycles. The Bertz CT molecular complexity index is 528. The van der Waals surface area contributed by atoms with Crippen LogP contribution in [0.4, 0.5) is 0 Å². The summed E-state index contributed by atoms with van der Waals surface area (Å²) in [5.41, 5.74) is 2.76. The number of hydrogen-bond donors (Lipinski definition) is 0. The zero-order chi connectivity index (χ0) is 12.7. The largest absolute Gasteiger partial charge is 0.298 e. The second-order valence-electron chi connectivity index (χ2n) is 5.45. The zero-order valence-electron chi connectivity index (χ0n) is 10.6. The summed E-state index contributed by atoms with van der Waals surface area (Å²) >= 11 is 0. The minimum atomic E-state index is -0.396. The second kappa shape index (κ2) is 4.24. The summed E-state index contributed by atoms with van der Waals surface area (Å²) in [6, 6.07) is 10.6. The number of rotatable bonds is 3. The molecule has 1 aromatic rings. The van der Waals surface area contributed by atoms with Crippen molar-refractivity contribution < 1.29 is 4.79 Å². The Hall–Kier alpha value is -1.62. The number of benzene rings is 1. The third-order valence-corrected chi connectivity index (χ3v) is 4.57. The summed E-state index contributed by atoms with van der Waals surface area (Å²) < 4.78 is 0. The van der Waals surface area contributed by atoms with Crippen molar-refractivity contribution in [2.24, 2.45) is 17.8 Å². The molecule has 0 radical (unpaired) electrons. The van der Waals surface area contributed by atoms with E-state index in [0.29, 0.717) is 18.3 Å². The molecule has 0 saturated heterocycles. The van der Waals surface area contributed by atoms with Crippen LogP contribution in [0.5, 0.6) is 0 Å². The van der Waals surface area contributed by atoms with E-state index in [1.807, 2.05) is 6.92 Å². The highest BCUT2D eigenvalue weighted by molar-refractivity contribution is 5.90. The highest BCUT2D eigenvalue weighted by Crippen LogP contribution is 2.60. The number of Topliss-reactive ketones (excluding diaryl/α,β-unsaturated/α-hetero) is 1. The average molecular weight is 239 g/mol. The van der Waals surface area contributed by atoms with E-state index in [4.69, 9.17) is 5.26 Å². The molecule has 0 bridgehead atoms. The van der Waals surface area contributed by atoms with Gasteiger partial charge in [0.15, 0.2) is 5.78 Å². The number of carbonyl (C=O) groups is 1. The Morgan fingerprint density at radius 3 is 3.00 bits per heavy atom. The molecule has 0 spiro atoms. The van der Waals surface area contributed by atoms with Crippen LogP contribution in [0.3, 0.4) is 0 Å². The molecule has 0 N–H and O–H groups in total. The molecule has 0 aromatic heterocycles. The topological polar surface area (TPSA) is 40.9 Å². The molecule has 18 heavy (non-hydrogen) atoms.